The molecule has 1 N–H and O–H groups in total. The highest BCUT2D eigenvalue weighted by molar-refractivity contribution is 6.07. The summed E-state index contributed by atoms with van der Waals surface area (Å²) in [6.07, 6.45) is 6.81. The maximum absolute atomic E-state index is 13.6. The molecule has 2 aliphatic rings. The van der Waals surface area contributed by atoms with Gasteiger partial charge in [-0.3, -0.25) is 19.2 Å². The Morgan fingerprint density at radius 2 is 1.86 bits per heavy atom. The second-order valence-corrected chi connectivity index (χ2v) is 10.0. The Bertz CT molecular complexity index is 1280. The van der Waals surface area contributed by atoms with Crippen LogP contribution in [0, 0.1) is 6.92 Å². The minimum absolute atomic E-state index is 0. The summed E-state index contributed by atoms with van der Waals surface area (Å²) in [4.78, 5) is 33.8. The molecule has 0 atom stereocenters. The van der Waals surface area contributed by atoms with Crippen molar-refractivity contribution in [2.75, 3.05) is 59.7 Å². The molecule has 4 heterocycles. The number of unbranched alkanes of at least 4 members (excludes halogenated alkanes) is 2. The van der Waals surface area contributed by atoms with Gasteiger partial charge in [-0.1, -0.05) is 0 Å². The molecule has 3 aromatic rings. The molecule has 202 valence electrons. The number of H-pyrrole nitrogens is 1. The third kappa shape index (κ3) is 5.85. The quantitative estimate of drug-likeness (QED) is 0.447. The Kier molecular flexibility index (Phi) is 9.23. The SMILES string of the molecule is COCCCCCN1CCN(C(=O)c2cc3c(cc2C)[nH]c(=O)c2cnn(C4CCOCC4)c23)CC1.Cl. The molecule has 5 rings (SSSR count). The van der Waals surface area contributed by atoms with Gasteiger partial charge < -0.3 is 19.4 Å². The van der Waals surface area contributed by atoms with Crippen molar-refractivity contribution in [1.29, 1.82) is 0 Å². The van der Waals surface area contributed by atoms with Crippen molar-refractivity contribution < 1.29 is 14.3 Å². The van der Waals surface area contributed by atoms with Crippen LogP contribution in [0.4, 0.5) is 0 Å². The zero-order valence-electron chi connectivity index (χ0n) is 21.8. The number of carbonyl (C=O) groups excluding carboxylic acids is 1. The Morgan fingerprint density at radius 1 is 1.11 bits per heavy atom. The van der Waals surface area contributed by atoms with Gasteiger partial charge in [0.1, 0.15) is 0 Å². The van der Waals surface area contributed by atoms with Crippen molar-refractivity contribution in [3.05, 3.63) is 39.8 Å². The summed E-state index contributed by atoms with van der Waals surface area (Å²) in [5.41, 5.74) is 2.98. The van der Waals surface area contributed by atoms with Crippen molar-refractivity contribution in [2.24, 2.45) is 0 Å². The number of aromatic amines is 1. The largest absolute Gasteiger partial charge is 0.385 e. The Morgan fingerprint density at radius 3 is 2.59 bits per heavy atom. The summed E-state index contributed by atoms with van der Waals surface area (Å²) < 4.78 is 12.6. The molecule has 0 bridgehead atoms. The maximum Gasteiger partial charge on any atom is 0.259 e. The number of pyridine rings is 1. The van der Waals surface area contributed by atoms with Crippen LogP contribution < -0.4 is 5.56 Å². The topological polar surface area (TPSA) is 92.7 Å². The zero-order valence-corrected chi connectivity index (χ0v) is 22.6. The highest BCUT2D eigenvalue weighted by atomic mass is 35.5. The first-order valence-corrected chi connectivity index (χ1v) is 13.2. The smallest absolute Gasteiger partial charge is 0.259 e. The number of piperazine rings is 1. The van der Waals surface area contributed by atoms with Crippen LogP contribution in [0.5, 0.6) is 0 Å². The molecule has 9 nitrogen and oxygen atoms in total. The molecule has 2 aliphatic heterocycles. The van der Waals surface area contributed by atoms with Crippen LogP contribution in [0.1, 0.15) is 54.1 Å². The van der Waals surface area contributed by atoms with Crippen LogP contribution in [0.2, 0.25) is 0 Å². The first-order valence-electron chi connectivity index (χ1n) is 13.2. The number of halogens is 1. The van der Waals surface area contributed by atoms with Gasteiger partial charge in [-0.05, 0) is 63.3 Å². The summed E-state index contributed by atoms with van der Waals surface area (Å²) >= 11 is 0. The van der Waals surface area contributed by atoms with Crippen LogP contribution in [-0.4, -0.2) is 90.1 Å². The van der Waals surface area contributed by atoms with Gasteiger partial charge in [-0.15, -0.1) is 12.4 Å². The molecule has 0 spiro atoms. The van der Waals surface area contributed by atoms with Crippen molar-refractivity contribution in [3.63, 3.8) is 0 Å². The predicted octanol–water partition coefficient (Wildman–Crippen LogP) is 3.53. The van der Waals surface area contributed by atoms with E-state index in [-0.39, 0.29) is 29.9 Å². The molecule has 2 saturated heterocycles. The van der Waals surface area contributed by atoms with Crippen LogP contribution in [-0.2, 0) is 9.47 Å². The molecule has 1 aromatic carbocycles. The summed E-state index contributed by atoms with van der Waals surface area (Å²) in [5.74, 6) is 0.0608. The third-order valence-electron chi connectivity index (χ3n) is 7.66. The van der Waals surface area contributed by atoms with Crippen LogP contribution >= 0.6 is 12.4 Å². The number of amides is 1. The number of carbonyl (C=O) groups is 1. The van der Waals surface area contributed by atoms with Crippen LogP contribution in [0.25, 0.3) is 21.8 Å². The maximum atomic E-state index is 13.6. The van der Waals surface area contributed by atoms with E-state index < -0.39 is 0 Å². The number of aryl methyl sites for hydroxylation is 1. The summed E-state index contributed by atoms with van der Waals surface area (Å²) in [7, 11) is 1.75. The van der Waals surface area contributed by atoms with Gasteiger partial charge in [0.2, 0.25) is 0 Å². The molecular weight excluding hydrogens is 494 g/mol. The van der Waals surface area contributed by atoms with E-state index in [2.05, 4.69) is 15.0 Å². The normalized spacial score (nSPS) is 17.4. The number of nitrogens with zero attached hydrogens (tertiary/aromatic N) is 4. The van der Waals surface area contributed by atoms with E-state index in [4.69, 9.17) is 9.47 Å². The lowest BCUT2D eigenvalue weighted by atomic mass is 10.0. The molecule has 0 radical (unpaired) electrons. The fourth-order valence-corrected chi connectivity index (χ4v) is 5.53. The van der Waals surface area contributed by atoms with E-state index in [0.29, 0.717) is 24.2 Å². The van der Waals surface area contributed by atoms with Gasteiger partial charge in [0.25, 0.3) is 11.5 Å². The predicted molar refractivity (Wildman–Crippen MR) is 147 cm³/mol. The first kappa shape index (κ1) is 27.6. The fourth-order valence-electron chi connectivity index (χ4n) is 5.53. The molecule has 0 saturated carbocycles. The lowest BCUT2D eigenvalue weighted by Crippen LogP contribution is -2.49. The lowest BCUT2D eigenvalue weighted by molar-refractivity contribution is 0.0633. The van der Waals surface area contributed by atoms with E-state index >= 15 is 0 Å². The minimum Gasteiger partial charge on any atom is -0.385 e. The molecule has 1 amide bonds. The third-order valence-corrected chi connectivity index (χ3v) is 7.66. The number of fused-ring (bicyclic) bond motifs is 3. The fraction of sp³-hybridized carbons (Fsp3) is 0.593. The van der Waals surface area contributed by atoms with Gasteiger partial charge in [-0.25, -0.2) is 0 Å². The first-order chi connectivity index (χ1) is 17.6. The average Bonchev–Trinajstić information content (AvgIpc) is 3.35. The van der Waals surface area contributed by atoms with E-state index in [1.807, 2.05) is 28.6 Å². The molecule has 0 aliphatic carbocycles. The molecule has 2 fully saturated rings. The lowest BCUT2D eigenvalue weighted by Gasteiger charge is -2.35. The average molecular weight is 532 g/mol. The highest BCUT2D eigenvalue weighted by Crippen LogP contribution is 2.30. The van der Waals surface area contributed by atoms with Crippen LogP contribution in [0.15, 0.2) is 23.1 Å². The minimum atomic E-state index is -0.146. The number of rotatable bonds is 8. The van der Waals surface area contributed by atoms with Crippen molar-refractivity contribution in [1.82, 2.24) is 24.6 Å². The van der Waals surface area contributed by atoms with Crippen molar-refractivity contribution in [2.45, 2.75) is 45.1 Å². The number of benzene rings is 1. The summed E-state index contributed by atoms with van der Waals surface area (Å²) in [6, 6.07) is 4.08. The van der Waals surface area contributed by atoms with Crippen LogP contribution in [0.3, 0.4) is 0 Å². The Labute approximate surface area is 223 Å². The van der Waals surface area contributed by atoms with E-state index in [1.54, 1.807) is 13.3 Å². The standard InChI is InChI=1S/C27H37N5O4.ClH/c1-19-16-24-22(25-23(26(33)29-24)18-28-32(25)20-6-14-36-15-7-20)17-21(19)27(34)31-11-9-30(10-12-31)8-4-3-5-13-35-2;/h16-18,20H,3-15H2,1-2H3,(H,29,33);1H. The zero-order chi connectivity index (χ0) is 25.1. The van der Waals surface area contributed by atoms with E-state index in [9.17, 15) is 9.59 Å². The molecular formula is C27H38ClN5O4. The van der Waals surface area contributed by atoms with Gasteiger partial charge in [0.15, 0.2) is 0 Å². The number of methoxy groups -OCH3 is 1. The highest BCUT2D eigenvalue weighted by Gasteiger charge is 2.25. The number of hydrogen-bond acceptors (Lipinski definition) is 6. The van der Waals surface area contributed by atoms with E-state index in [1.165, 1.54) is 6.42 Å². The van der Waals surface area contributed by atoms with Crippen molar-refractivity contribution >= 4 is 40.1 Å². The Balaban J connectivity index is 0.00000320. The number of nitrogens with one attached hydrogen (secondary N) is 1. The van der Waals surface area contributed by atoms with E-state index in [0.717, 1.165) is 87.0 Å². The molecule has 37 heavy (non-hydrogen) atoms. The van der Waals surface area contributed by atoms with Gasteiger partial charge in [-0.2, -0.15) is 5.10 Å². The second kappa shape index (κ2) is 12.4. The number of aromatic nitrogens is 3. The monoisotopic (exact) mass is 531 g/mol. The molecule has 2 aromatic heterocycles. The number of ether oxygens (including phenoxy) is 2. The summed E-state index contributed by atoms with van der Waals surface area (Å²) in [5, 5.41) is 6.04. The van der Waals surface area contributed by atoms with Gasteiger partial charge in [0.05, 0.1) is 28.7 Å². The van der Waals surface area contributed by atoms with Crippen molar-refractivity contribution in [3.8, 4) is 0 Å². The summed E-state index contributed by atoms with van der Waals surface area (Å²) in [6.45, 7) is 8.48. The van der Waals surface area contributed by atoms with Gasteiger partial charge in [0, 0.05) is 64.1 Å². The van der Waals surface area contributed by atoms with Gasteiger partial charge >= 0.3 is 0 Å². The Hall–Kier alpha value is -2.46. The number of hydrogen-bond donors (Lipinski definition) is 1. The molecule has 0 unspecified atom stereocenters. The molecule has 10 heteroatoms. The second-order valence-electron chi connectivity index (χ2n) is 10.0.